The van der Waals surface area contributed by atoms with Crippen LogP contribution in [0.25, 0.3) is 21.7 Å². The zero-order valence-electron chi connectivity index (χ0n) is 32.0. The van der Waals surface area contributed by atoms with Crippen LogP contribution in [-0.4, -0.2) is 96.6 Å². The first-order valence-corrected chi connectivity index (χ1v) is 23.1. The monoisotopic (exact) mass is 962 g/mol. The molecular formula is C35H30N8O17S4. The molecular weight excluding hydrogens is 933 g/mol. The molecule has 0 bridgehead atoms. The fourth-order valence-corrected chi connectivity index (χ4v) is 8.40. The van der Waals surface area contributed by atoms with Crippen molar-refractivity contribution in [3.8, 4) is 17.2 Å². The first kappa shape index (κ1) is 46.8. The predicted octanol–water partition coefficient (Wildman–Crippen LogP) is 5.65. The van der Waals surface area contributed by atoms with Crippen molar-refractivity contribution in [2.75, 3.05) is 18.9 Å². The van der Waals surface area contributed by atoms with Crippen molar-refractivity contribution in [3.05, 3.63) is 78.5 Å². The van der Waals surface area contributed by atoms with E-state index in [0.717, 1.165) is 36.4 Å². The van der Waals surface area contributed by atoms with Gasteiger partial charge in [-0.2, -0.15) is 43.9 Å². The zero-order chi connectivity index (χ0) is 47.1. The van der Waals surface area contributed by atoms with Crippen molar-refractivity contribution >= 4 is 102 Å². The van der Waals surface area contributed by atoms with Crippen LogP contribution in [0.15, 0.2) is 123 Å². The highest BCUT2D eigenvalue weighted by molar-refractivity contribution is 7.86. The number of aryl methyl sites for hydroxylation is 1. The van der Waals surface area contributed by atoms with Crippen LogP contribution in [0.3, 0.4) is 0 Å². The molecule has 0 saturated carbocycles. The third kappa shape index (κ3) is 10.1. The van der Waals surface area contributed by atoms with E-state index in [1.807, 2.05) is 0 Å². The summed E-state index contributed by atoms with van der Waals surface area (Å²) < 4.78 is 142. The number of azo groups is 3. The Labute approximate surface area is 360 Å². The minimum atomic E-state index is -5.22. The molecule has 6 aromatic rings. The number of aliphatic hydroxyl groups is 2. The van der Waals surface area contributed by atoms with Gasteiger partial charge in [0, 0.05) is 23.0 Å². The number of nitrogen functional groups attached to an aromatic ring is 1. The summed E-state index contributed by atoms with van der Waals surface area (Å²) in [5.41, 5.74) is 2.73. The van der Waals surface area contributed by atoms with E-state index in [0.29, 0.717) is 0 Å². The lowest BCUT2D eigenvalue weighted by Gasteiger charge is -2.14. The number of aliphatic hydroxyl groups excluding tert-OH is 2. The molecule has 0 aliphatic heterocycles. The van der Waals surface area contributed by atoms with Gasteiger partial charge in [-0.1, -0.05) is 0 Å². The number of aromatic hydroxyl groups is 2. The van der Waals surface area contributed by atoms with E-state index >= 15 is 0 Å². The van der Waals surface area contributed by atoms with Crippen molar-refractivity contribution in [1.29, 1.82) is 0 Å². The van der Waals surface area contributed by atoms with Gasteiger partial charge in [0.1, 0.15) is 66.3 Å². The minimum Gasteiger partial charge on any atom is -0.505 e. The average molecular weight is 963 g/mol. The maximum atomic E-state index is 12.4. The number of benzene rings is 5. The molecule has 0 aliphatic rings. The summed E-state index contributed by atoms with van der Waals surface area (Å²) in [6.07, 6.45) is -0.221. The number of rotatable bonds is 14. The summed E-state index contributed by atoms with van der Waals surface area (Å²) in [6, 6.07) is 11.2. The van der Waals surface area contributed by atoms with Crippen LogP contribution >= 0.6 is 0 Å². The molecule has 64 heavy (non-hydrogen) atoms. The molecule has 0 spiro atoms. The van der Waals surface area contributed by atoms with Gasteiger partial charge in [-0.15, -0.1) is 20.5 Å². The maximum Gasteiger partial charge on any atom is 0.296 e. The van der Waals surface area contributed by atoms with Crippen molar-refractivity contribution in [1.82, 2.24) is 4.98 Å². The summed E-state index contributed by atoms with van der Waals surface area (Å²) in [7, 11) is -20.1. The lowest BCUT2D eigenvalue weighted by molar-refractivity contribution is 0.0538. The number of fused-ring (bicyclic) bond motifs is 2. The Morgan fingerprint density at radius 1 is 0.641 bits per heavy atom. The Hall–Kier alpha value is -6.67. The molecule has 25 nitrogen and oxygen atoms in total. The Morgan fingerprint density at radius 2 is 1.25 bits per heavy atom. The maximum absolute atomic E-state index is 12.4. The number of ether oxygens (including phenoxy) is 1. The van der Waals surface area contributed by atoms with Crippen LogP contribution in [0.1, 0.15) is 5.56 Å². The topological polar surface area (TPSA) is 421 Å². The third-order valence-corrected chi connectivity index (χ3v) is 12.3. The number of anilines is 1. The molecule has 336 valence electrons. The molecule has 0 fully saturated rings. The zero-order valence-corrected chi connectivity index (χ0v) is 35.3. The second-order valence-electron chi connectivity index (χ2n) is 13.2. The average Bonchev–Trinajstić information content (AvgIpc) is 3.20. The molecule has 1 unspecified atom stereocenters. The van der Waals surface area contributed by atoms with Crippen molar-refractivity contribution in [2.45, 2.75) is 32.6 Å². The van der Waals surface area contributed by atoms with E-state index < -0.39 is 114 Å². The molecule has 0 radical (unpaired) electrons. The van der Waals surface area contributed by atoms with E-state index in [-0.39, 0.29) is 50.1 Å². The number of aromatic nitrogens is 1. The summed E-state index contributed by atoms with van der Waals surface area (Å²) in [5.74, 6) is -1.89. The van der Waals surface area contributed by atoms with Gasteiger partial charge in [0.25, 0.3) is 40.5 Å². The summed E-state index contributed by atoms with van der Waals surface area (Å²) >= 11 is 0. The van der Waals surface area contributed by atoms with Crippen molar-refractivity contribution in [2.24, 2.45) is 30.7 Å². The number of hydrogen-bond donors (Lipinski definition) is 9. The van der Waals surface area contributed by atoms with Gasteiger partial charge in [0.2, 0.25) is 0 Å². The van der Waals surface area contributed by atoms with E-state index in [1.54, 1.807) is 0 Å². The summed E-state index contributed by atoms with van der Waals surface area (Å²) in [4.78, 5) is 0.438. The Balaban J connectivity index is 1.39. The van der Waals surface area contributed by atoms with Gasteiger partial charge in [-0.3, -0.25) is 23.2 Å². The highest BCUT2D eigenvalue weighted by Gasteiger charge is 2.26. The van der Waals surface area contributed by atoms with Gasteiger partial charge in [0.15, 0.2) is 11.5 Å². The second-order valence-corrected chi connectivity index (χ2v) is 18.8. The van der Waals surface area contributed by atoms with E-state index in [1.165, 1.54) is 43.5 Å². The number of nitrogens with two attached hydrogens (primary N) is 1. The van der Waals surface area contributed by atoms with Gasteiger partial charge in [-0.25, -0.2) is 0 Å². The van der Waals surface area contributed by atoms with Crippen LogP contribution < -0.4 is 10.5 Å². The molecule has 1 aromatic heterocycles. The van der Waals surface area contributed by atoms with E-state index in [4.69, 9.17) is 10.5 Å². The first-order chi connectivity index (χ1) is 29.8. The molecule has 6 rings (SSSR count). The molecule has 1 atom stereocenters. The molecule has 0 aliphatic carbocycles. The normalized spacial score (nSPS) is 13.5. The lowest BCUT2D eigenvalue weighted by Crippen LogP contribution is -2.21. The fourth-order valence-electron chi connectivity index (χ4n) is 5.76. The van der Waals surface area contributed by atoms with Gasteiger partial charge >= 0.3 is 0 Å². The van der Waals surface area contributed by atoms with Gasteiger partial charge in [0.05, 0.1) is 23.7 Å². The predicted molar refractivity (Wildman–Crippen MR) is 221 cm³/mol. The van der Waals surface area contributed by atoms with Crippen LogP contribution in [0, 0.1) is 6.92 Å². The fraction of sp³-hybridized carbons (Fsp3) is 0.114. The standard InChI is InChI=1S/C35H30N8O17S4/c1-16-7-25(41-43-33-31(64(57,58)59)9-17-8-29(62(51,52)53)22(36)11-21(17)34(33)46)27(60-15-19(45)14-44)12-24(16)40-38-18-4-5-23(30(10-18)63(54,55)56)39-42-26-13-28(61(48,49)50)20-3-2-6-37-32(20)35(26)47/h2-13,19,44-47H,14-15,36H2,1H3,(H,48,49,50)(H,51,52,53)(H,54,55,56)(H,57,58,59)/b40-38+,42-39+,43-41+. The summed E-state index contributed by atoms with van der Waals surface area (Å²) in [6.45, 7) is 0.146. The van der Waals surface area contributed by atoms with Crippen molar-refractivity contribution in [3.63, 3.8) is 0 Å². The van der Waals surface area contributed by atoms with Crippen LogP contribution in [0.4, 0.5) is 39.8 Å². The Kier molecular flexibility index (Phi) is 12.8. The highest BCUT2D eigenvalue weighted by Crippen LogP contribution is 2.45. The molecule has 29 heteroatoms. The smallest absolute Gasteiger partial charge is 0.296 e. The first-order valence-electron chi connectivity index (χ1n) is 17.3. The van der Waals surface area contributed by atoms with Crippen LogP contribution in [0.2, 0.25) is 0 Å². The molecule has 10 N–H and O–H groups in total. The van der Waals surface area contributed by atoms with Crippen LogP contribution in [-0.2, 0) is 40.5 Å². The van der Waals surface area contributed by atoms with E-state index in [2.05, 4.69) is 35.7 Å². The molecule has 0 saturated heterocycles. The quantitative estimate of drug-likeness (QED) is 0.0361. The number of phenols is 2. The van der Waals surface area contributed by atoms with Crippen LogP contribution in [0.5, 0.6) is 17.2 Å². The summed E-state index contributed by atoms with van der Waals surface area (Å²) in [5, 5.41) is 63.6. The van der Waals surface area contributed by atoms with Gasteiger partial charge < -0.3 is 30.9 Å². The number of hydrogen-bond acceptors (Lipinski definition) is 21. The molecule has 0 amide bonds. The van der Waals surface area contributed by atoms with Crippen molar-refractivity contribution < 1.29 is 77.0 Å². The number of nitrogens with zero attached hydrogens (tertiary/aromatic N) is 7. The Morgan fingerprint density at radius 3 is 1.89 bits per heavy atom. The largest absolute Gasteiger partial charge is 0.505 e. The molecule has 1 heterocycles. The third-order valence-electron chi connectivity index (χ3n) is 8.76. The second kappa shape index (κ2) is 17.5. The SMILES string of the molecule is Cc1cc(/N=N/c2c(S(=O)(=O)O)cc3cc(S(=O)(=O)O)c(N)cc3c2O)c(OCC(O)CO)cc1/N=N/c1ccc(/N=N/c2cc(S(=O)(=O)O)c3cccnc3c2O)c(S(=O)(=O)O)c1. The Bertz CT molecular complexity index is 3460. The molecule has 5 aromatic carbocycles. The number of pyridine rings is 1. The number of phenolic OH excluding ortho intramolecular Hbond substituents is 2. The minimum absolute atomic E-state index is 0.0167. The van der Waals surface area contributed by atoms with Gasteiger partial charge in [-0.05, 0) is 78.5 Å². The lowest BCUT2D eigenvalue weighted by atomic mass is 10.1. The highest BCUT2D eigenvalue weighted by atomic mass is 32.2. The van der Waals surface area contributed by atoms with E-state index in [9.17, 15) is 72.3 Å².